The molecule has 0 aliphatic carbocycles. The van der Waals surface area contributed by atoms with Crippen LogP contribution in [0, 0.1) is 5.92 Å². The summed E-state index contributed by atoms with van der Waals surface area (Å²) in [6, 6.07) is 23.9. The van der Waals surface area contributed by atoms with Crippen LogP contribution in [0.3, 0.4) is 0 Å². The molecule has 0 N–H and O–H groups in total. The summed E-state index contributed by atoms with van der Waals surface area (Å²) >= 11 is 0. The third-order valence-electron chi connectivity index (χ3n) is 4.44. The topological polar surface area (TPSA) is 61.8 Å². The van der Waals surface area contributed by atoms with Crippen LogP contribution in [-0.2, 0) is 9.53 Å². The highest BCUT2D eigenvalue weighted by Gasteiger charge is 2.18. The Bertz CT molecular complexity index is 1010. The first-order valence-corrected chi connectivity index (χ1v) is 10.2. The van der Waals surface area contributed by atoms with Crippen molar-refractivity contribution in [1.29, 1.82) is 0 Å². The molecule has 0 radical (unpaired) electrons. The third-order valence-corrected chi connectivity index (χ3v) is 4.44. The molecule has 0 heterocycles. The van der Waals surface area contributed by atoms with Crippen LogP contribution >= 0.6 is 0 Å². The quantitative estimate of drug-likeness (QED) is 0.355. The Morgan fingerprint density at radius 2 is 1.45 bits per heavy atom. The normalized spacial score (nSPS) is 11.6. The van der Waals surface area contributed by atoms with Crippen molar-refractivity contribution in [3.8, 4) is 22.6 Å². The molecule has 0 aliphatic rings. The number of rotatable bonds is 8. The van der Waals surface area contributed by atoms with Gasteiger partial charge in [-0.1, -0.05) is 62.4 Å². The molecule has 0 fully saturated rings. The van der Waals surface area contributed by atoms with E-state index in [9.17, 15) is 9.59 Å². The molecule has 0 saturated heterocycles. The first-order chi connectivity index (χ1) is 14.9. The number of esters is 2. The van der Waals surface area contributed by atoms with Crippen LogP contribution in [0.5, 0.6) is 11.5 Å². The number of benzene rings is 3. The van der Waals surface area contributed by atoms with E-state index in [4.69, 9.17) is 14.2 Å². The highest BCUT2D eigenvalue weighted by atomic mass is 16.6. The van der Waals surface area contributed by atoms with Crippen molar-refractivity contribution in [2.45, 2.75) is 26.9 Å². The molecule has 3 aromatic rings. The first kappa shape index (κ1) is 22.1. The van der Waals surface area contributed by atoms with Crippen LogP contribution in [0.25, 0.3) is 11.1 Å². The Labute approximate surface area is 182 Å². The molecule has 3 aromatic carbocycles. The molecule has 0 saturated carbocycles. The lowest BCUT2D eigenvalue weighted by atomic mass is 10.1. The highest BCUT2D eigenvalue weighted by Crippen LogP contribution is 2.23. The number of hydrogen-bond donors (Lipinski definition) is 0. The number of carbonyl (C=O) groups excluding carboxylic acids is 2. The van der Waals surface area contributed by atoms with Crippen LogP contribution in [-0.4, -0.2) is 24.6 Å². The lowest BCUT2D eigenvalue weighted by molar-refractivity contribution is -0.141. The zero-order valence-electron chi connectivity index (χ0n) is 17.9. The summed E-state index contributed by atoms with van der Waals surface area (Å²) in [6.07, 6.45) is -0.820. The molecule has 160 valence electrons. The lowest BCUT2D eigenvalue weighted by Crippen LogP contribution is -2.28. The average Bonchev–Trinajstić information content (AvgIpc) is 2.78. The van der Waals surface area contributed by atoms with Crippen molar-refractivity contribution in [3.63, 3.8) is 0 Å². The first-order valence-electron chi connectivity index (χ1n) is 10.2. The van der Waals surface area contributed by atoms with Gasteiger partial charge in [0.2, 0.25) is 0 Å². The van der Waals surface area contributed by atoms with E-state index >= 15 is 0 Å². The number of ether oxygens (including phenoxy) is 3. The van der Waals surface area contributed by atoms with Crippen molar-refractivity contribution < 1.29 is 23.8 Å². The molecule has 0 spiro atoms. The summed E-state index contributed by atoms with van der Waals surface area (Å²) in [5, 5.41) is 0. The second-order valence-corrected chi connectivity index (χ2v) is 7.59. The van der Waals surface area contributed by atoms with Gasteiger partial charge in [0, 0.05) is 0 Å². The molecule has 1 atom stereocenters. The summed E-state index contributed by atoms with van der Waals surface area (Å²) in [6.45, 7) is 5.87. The minimum absolute atomic E-state index is 0.240. The van der Waals surface area contributed by atoms with E-state index in [2.05, 4.69) is 0 Å². The minimum Gasteiger partial charge on any atom is -0.479 e. The molecule has 1 unspecified atom stereocenters. The lowest BCUT2D eigenvalue weighted by Gasteiger charge is -2.14. The SMILES string of the molecule is CC(C)COC(=O)c1cccc(OC(=O)C(C)Oc2ccc(-c3ccccc3)cc2)c1. The van der Waals surface area contributed by atoms with Gasteiger partial charge in [-0.05, 0) is 54.3 Å². The van der Waals surface area contributed by atoms with E-state index in [0.29, 0.717) is 17.9 Å². The molecular weight excluding hydrogens is 392 g/mol. The van der Waals surface area contributed by atoms with Crippen molar-refractivity contribution in [2.75, 3.05) is 6.61 Å². The molecule has 0 aromatic heterocycles. The zero-order chi connectivity index (χ0) is 22.2. The summed E-state index contributed by atoms with van der Waals surface area (Å²) in [7, 11) is 0. The fourth-order valence-electron chi connectivity index (χ4n) is 2.82. The predicted molar refractivity (Wildman–Crippen MR) is 119 cm³/mol. The van der Waals surface area contributed by atoms with Crippen molar-refractivity contribution >= 4 is 11.9 Å². The molecule has 5 nitrogen and oxygen atoms in total. The van der Waals surface area contributed by atoms with Gasteiger partial charge in [0.15, 0.2) is 6.10 Å². The molecule has 0 aliphatic heterocycles. The fraction of sp³-hybridized carbons (Fsp3) is 0.231. The Morgan fingerprint density at radius 3 is 2.13 bits per heavy atom. The Kier molecular flexibility index (Phi) is 7.44. The third kappa shape index (κ3) is 6.44. The summed E-state index contributed by atoms with van der Waals surface area (Å²) < 4.78 is 16.3. The van der Waals surface area contributed by atoms with E-state index in [1.165, 1.54) is 6.07 Å². The van der Waals surface area contributed by atoms with Gasteiger partial charge in [-0.2, -0.15) is 0 Å². The van der Waals surface area contributed by atoms with Crippen LogP contribution < -0.4 is 9.47 Å². The van der Waals surface area contributed by atoms with Crippen LogP contribution in [0.1, 0.15) is 31.1 Å². The van der Waals surface area contributed by atoms with Crippen LogP contribution in [0.2, 0.25) is 0 Å². The van der Waals surface area contributed by atoms with E-state index in [0.717, 1.165) is 11.1 Å². The van der Waals surface area contributed by atoms with Crippen molar-refractivity contribution in [3.05, 3.63) is 84.4 Å². The molecule has 5 heteroatoms. The monoisotopic (exact) mass is 418 g/mol. The van der Waals surface area contributed by atoms with Gasteiger partial charge in [-0.15, -0.1) is 0 Å². The predicted octanol–water partition coefficient (Wildman–Crippen LogP) is 5.54. The summed E-state index contributed by atoms with van der Waals surface area (Å²) in [5.41, 5.74) is 2.49. The van der Waals surface area contributed by atoms with Gasteiger partial charge < -0.3 is 14.2 Å². The van der Waals surface area contributed by atoms with E-state index in [1.54, 1.807) is 25.1 Å². The summed E-state index contributed by atoms with van der Waals surface area (Å²) in [5.74, 6) is 0.0629. The maximum Gasteiger partial charge on any atom is 0.352 e. The van der Waals surface area contributed by atoms with E-state index < -0.39 is 18.0 Å². The Balaban J connectivity index is 1.58. The van der Waals surface area contributed by atoms with Crippen molar-refractivity contribution in [2.24, 2.45) is 5.92 Å². The van der Waals surface area contributed by atoms with Gasteiger partial charge in [-0.3, -0.25) is 0 Å². The number of hydrogen-bond acceptors (Lipinski definition) is 5. The van der Waals surface area contributed by atoms with E-state index in [1.807, 2.05) is 68.4 Å². The number of carbonyl (C=O) groups is 2. The largest absolute Gasteiger partial charge is 0.479 e. The Morgan fingerprint density at radius 1 is 0.774 bits per heavy atom. The van der Waals surface area contributed by atoms with Gasteiger partial charge in [0.05, 0.1) is 12.2 Å². The highest BCUT2D eigenvalue weighted by molar-refractivity contribution is 5.90. The maximum absolute atomic E-state index is 12.4. The zero-order valence-corrected chi connectivity index (χ0v) is 17.9. The maximum atomic E-state index is 12.4. The van der Waals surface area contributed by atoms with Gasteiger partial charge >= 0.3 is 11.9 Å². The minimum atomic E-state index is -0.820. The van der Waals surface area contributed by atoms with Crippen molar-refractivity contribution in [1.82, 2.24) is 0 Å². The molecule has 31 heavy (non-hydrogen) atoms. The molecule has 0 bridgehead atoms. The fourth-order valence-corrected chi connectivity index (χ4v) is 2.82. The Hall–Kier alpha value is -3.60. The van der Waals surface area contributed by atoms with Gasteiger partial charge in [0.1, 0.15) is 11.5 Å². The van der Waals surface area contributed by atoms with E-state index in [-0.39, 0.29) is 11.7 Å². The second kappa shape index (κ2) is 10.4. The molecule has 3 rings (SSSR count). The van der Waals surface area contributed by atoms with Gasteiger partial charge in [-0.25, -0.2) is 9.59 Å². The summed E-state index contributed by atoms with van der Waals surface area (Å²) in [4.78, 5) is 24.5. The smallest absolute Gasteiger partial charge is 0.352 e. The molecular formula is C26H26O5. The second-order valence-electron chi connectivity index (χ2n) is 7.59. The van der Waals surface area contributed by atoms with Crippen LogP contribution in [0.4, 0.5) is 0 Å². The average molecular weight is 418 g/mol. The van der Waals surface area contributed by atoms with Gasteiger partial charge in [0.25, 0.3) is 0 Å². The standard InChI is InChI=1S/C26H26O5/c1-18(2)17-29-26(28)22-10-7-11-24(16-22)31-25(27)19(3)30-23-14-12-21(13-15-23)20-8-5-4-6-9-20/h4-16,18-19H,17H2,1-3H3. The van der Waals surface area contributed by atoms with Crippen LogP contribution in [0.15, 0.2) is 78.9 Å². The molecule has 0 amide bonds.